The van der Waals surface area contributed by atoms with Crippen molar-refractivity contribution in [1.29, 1.82) is 0 Å². The maximum absolute atomic E-state index is 8.99. The molecule has 2 atom stereocenters. The molecule has 3 heteroatoms. The molecule has 1 saturated heterocycles. The van der Waals surface area contributed by atoms with E-state index in [1.165, 1.54) is 24.3 Å². The zero-order chi connectivity index (χ0) is 8.81. The molecule has 1 fully saturated rings. The topological polar surface area (TPSA) is 32.3 Å². The van der Waals surface area contributed by atoms with E-state index in [9.17, 15) is 0 Å². The Morgan fingerprint density at radius 3 is 3.00 bits per heavy atom. The van der Waals surface area contributed by atoms with Crippen molar-refractivity contribution >= 4 is 11.8 Å². The van der Waals surface area contributed by atoms with E-state index >= 15 is 0 Å². The van der Waals surface area contributed by atoms with Gasteiger partial charge in [0.15, 0.2) is 0 Å². The molecule has 0 saturated carbocycles. The molecule has 0 aliphatic carbocycles. The molecule has 0 aromatic heterocycles. The first-order valence-corrected chi connectivity index (χ1v) is 5.97. The summed E-state index contributed by atoms with van der Waals surface area (Å²) in [6.45, 7) is 2.39. The second-order valence-corrected chi connectivity index (χ2v) is 4.52. The number of rotatable bonds is 4. The van der Waals surface area contributed by atoms with Gasteiger partial charge in [-0.2, -0.15) is 11.8 Å². The Hall–Kier alpha value is 0.270. The zero-order valence-corrected chi connectivity index (χ0v) is 8.57. The summed E-state index contributed by atoms with van der Waals surface area (Å²) >= 11 is 2.02. The minimum absolute atomic E-state index is 0.275. The van der Waals surface area contributed by atoms with Crippen LogP contribution in [0.4, 0.5) is 0 Å². The smallest absolute Gasteiger partial charge is 0.0584 e. The summed E-state index contributed by atoms with van der Waals surface area (Å²) in [5.74, 6) is 2.53. The molecule has 0 spiro atoms. The van der Waals surface area contributed by atoms with Gasteiger partial charge in [-0.25, -0.2) is 0 Å². The van der Waals surface area contributed by atoms with Crippen LogP contribution in [0.15, 0.2) is 0 Å². The Morgan fingerprint density at radius 2 is 2.50 bits per heavy atom. The lowest BCUT2D eigenvalue weighted by Gasteiger charge is -2.26. The molecule has 0 amide bonds. The van der Waals surface area contributed by atoms with Gasteiger partial charge in [-0.1, -0.05) is 6.92 Å². The van der Waals surface area contributed by atoms with E-state index in [2.05, 4.69) is 12.2 Å². The van der Waals surface area contributed by atoms with Crippen LogP contribution < -0.4 is 5.32 Å². The van der Waals surface area contributed by atoms with Gasteiger partial charge in [0.25, 0.3) is 0 Å². The first-order valence-electron chi connectivity index (χ1n) is 4.81. The van der Waals surface area contributed by atoms with Crippen LogP contribution in [0.3, 0.4) is 0 Å². The average Bonchev–Trinajstić information content (AvgIpc) is 2.16. The fraction of sp³-hybridized carbons (Fsp3) is 1.00. The Balaban J connectivity index is 2.18. The van der Waals surface area contributed by atoms with Crippen molar-refractivity contribution in [3.63, 3.8) is 0 Å². The quantitative estimate of drug-likeness (QED) is 0.698. The lowest BCUT2D eigenvalue weighted by Crippen LogP contribution is -2.42. The predicted octanol–water partition coefficient (Wildman–Crippen LogP) is 1.24. The molecule has 72 valence electrons. The van der Waals surface area contributed by atoms with Gasteiger partial charge in [-0.05, 0) is 25.0 Å². The fourth-order valence-corrected chi connectivity index (χ4v) is 2.59. The Morgan fingerprint density at radius 1 is 1.67 bits per heavy atom. The number of hydrogen-bond acceptors (Lipinski definition) is 3. The van der Waals surface area contributed by atoms with Crippen molar-refractivity contribution < 1.29 is 5.11 Å². The van der Waals surface area contributed by atoms with Crippen molar-refractivity contribution in [3.05, 3.63) is 0 Å². The van der Waals surface area contributed by atoms with Crippen LogP contribution in [0, 0.1) is 0 Å². The summed E-state index contributed by atoms with van der Waals surface area (Å²) in [7, 11) is 0. The highest BCUT2D eigenvalue weighted by Crippen LogP contribution is 2.17. The number of nitrogens with one attached hydrogen (secondary N) is 1. The molecule has 2 nitrogen and oxygen atoms in total. The van der Waals surface area contributed by atoms with Crippen LogP contribution in [0.25, 0.3) is 0 Å². The average molecular weight is 189 g/mol. The molecule has 0 aromatic rings. The van der Waals surface area contributed by atoms with Crippen LogP contribution in [-0.2, 0) is 0 Å². The molecule has 12 heavy (non-hydrogen) atoms. The Kier molecular flexibility index (Phi) is 5.04. The van der Waals surface area contributed by atoms with E-state index in [1.54, 1.807) is 0 Å². The predicted molar refractivity (Wildman–Crippen MR) is 54.6 cm³/mol. The van der Waals surface area contributed by atoms with Gasteiger partial charge in [-0.3, -0.25) is 0 Å². The summed E-state index contributed by atoms with van der Waals surface area (Å²) in [6, 6.07) is 0.953. The molecule has 0 bridgehead atoms. The molecule has 1 heterocycles. The number of thioether (sulfide) groups is 1. The van der Waals surface area contributed by atoms with Gasteiger partial charge in [-0.15, -0.1) is 0 Å². The first kappa shape index (κ1) is 10.4. The first-order chi connectivity index (χ1) is 5.86. The van der Waals surface area contributed by atoms with Crippen molar-refractivity contribution in [1.82, 2.24) is 5.32 Å². The van der Waals surface area contributed by atoms with Gasteiger partial charge in [0.1, 0.15) is 0 Å². The fourth-order valence-electron chi connectivity index (χ4n) is 1.51. The molecule has 0 radical (unpaired) electrons. The largest absolute Gasteiger partial charge is 0.395 e. The van der Waals surface area contributed by atoms with E-state index in [-0.39, 0.29) is 6.61 Å². The number of hydrogen-bond donors (Lipinski definition) is 2. The highest BCUT2D eigenvalue weighted by atomic mass is 32.2. The normalized spacial score (nSPS) is 27.0. The van der Waals surface area contributed by atoms with E-state index in [4.69, 9.17) is 5.11 Å². The van der Waals surface area contributed by atoms with Crippen molar-refractivity contribution in [2.75, 3.05) is 18.1 Å². The Labute approximate surface area is 79.1 Å². The van der Waals surface area contributed by atoms with Crippen LogP contribution in [0.5, 0.6) is 0 Å². The molecule has 1 rings (SSSR count). The van der Waals surface area contributed by atoms with Crippen LogP contribution >= 0.6 is 11.8 Å². The maximum Gasteiger partial charge on any atom is 0.0584 e. The van der Waals surface area contributed by atoms with Gasteiger partial charge >= 0.3 is 0 Å². The number of aliphatic hydroxyl groups excluding tert-OH is 1. The summed E-state index contributed by atoms with van der Waals surface area (Å²) in [5, 5.41) is 12.5. The summed E-state index contributed by atoms with van der Waals surface area (Å²) in [6.07, 6.45) is 3.63. The minimum Gasteiger partial charge on any atom is -0.395 e. The van der Waals surface area contributed by atoms with Gasteiger partial charge in [0, 0.05) is 17.8 Å². The van der Waals surface area contributed by atoms with E-state index < -0.39 is 0 Å². The van der Waals surface area contributed by atoms with Gasteiger partial charge in [0.05, 0.1) is 6.61 Å². The van der Waals surface area contributed by atoms with Crippen LogP contribution in [0.1, 0.15) is 26.2 Å². The van der Waals surface area contributed by atoms with Crippen molar-refractivity contribution in [2.45, 2.75) is 38.3 Å². The maximum atomic E-state index is 8.99. The second-order valence-electron chi connectivity index (χ2n) is 3.37. The van der Waals surface area contributed by atoms with Crippen LogP contribution in [0.2, 0.25) is 0 Å². The summed E-state index contributed by atoms with van der Waals surface area (Å²) < 4.78 is 0. The Bertz CT molecular complexity index is 111. The summed E-state index contributed by atoms with van der Waals surface area (Å²) in [4.78, 5) is 0. The standard InChI is InChI=1S/C9H19NOS/c1-2-8(6-11)10-9-4-3-5-12-7-9/h8-11H,2-7H2,1H3/t8-,9+/m1/s1. The molecule has 0 aromatic carbocycles. The van der Waals surface area contributed by atoms with E-state index in [1.807, 2.05) is 11.8 Å². The second kappa shape index (κ2) is 5.84. The third-order valence-corrected chi connectivity index (χ3v) is 3.56. The summed E-state index contributed by atoms with van der Waals surface area (Å²) in [5.41, 5.74) is 0. The molecule has 2 N–H and O–H groups in total. The van der Waals surface area contributed by atoms with Gasteiger partial charge in [0.2, 0.25) is 0 Å². The highest BCUT2D eigenvalue weighted by Gasteiger charge is 2.16. The van der Waals surface area contributed by atoms with Gasteiger partial charge < -0.3 is 10.4 Å². The minimum atomic E-state index is 0.275. The lowest BCUT2D eigenvalue weighted by atomic mass is 10.1. The molecular weight excluding hydrogens is 170 g/mol. The van der Waals surface area contributed by atoms with E-state index in [0.29, 0.717) is 12.1 Å². The molecule has 1 aliphatic heterocycles. The van der Waals surface area contributed by atoms with Crippen LogP contribution in [-0.4, -0.2) is 35.3 Å². The lowest BCUT2D eigenvalue weighted by molar-refractivity contribution is 0.228. The molecule has 1 aliphatic rings. The zero-order valence-electron chi connectivity index (χ0n) is 7.75. The molecular formula is C9H19NOS. The number of aliphatic hydroxyl groups is 1. The SMILES string of the molecule is CC[C@H](CO)N[C@H]1CCCSC1. The third kappa shape index (κ3) is 3.33. The van der Waals surface area contributed by atoms with Crippen molar-refractivity contribution in [3.8, 4) is 0 Å². The van der Waals surface area contributed by atoms with E-state index in [0.717, 1.165) is 6.42 Å². The highest BCUT2D eigenvalue weighted by molar-refractivity contribution is 7.99. The van der Waals surface area contributed by atoms with Crippen molar-refractivity contribution in [2.24, 2.45) is 0 Å². The monoisotopic (exact) mass is 189 g/mol. The third-order valence-electron chi connectivity index (χ3n) is 2.34. The molecule has 0 unspecified atom stereocenters.